The highest BCUT2D eigenvalue weighted by molar-refractivity contribution is 6.30. The summed E-state index contributed by atoms with van der Waals surface area (Å²) < 4.78 is 6.99. The Labute approximate surface area is 193 Å². The molecule has 0 unspecified atom stereocenters. The van der Waals surface area contributed by atoms with Crippen LogP contribution in [0.25, 0.3) is 10.9 Å². The van der Waals surface area contributed by atoms with Gasteiger partial charge in [0.1, 0.15) is 0 Å². The van der Waals surface area contributed by atoms with Gasteiger partial charge in [0.25, 0.3) is 5.91 Å². The first kappa shape index (κ1) is 22.4. The Morgan fingerprint density at radius 3 is 2.50 bits per heavy atom. The summed E-state index contributed by atoms with van der Waals surface area (Å²) in [5.74, 6) is 0.224. The maximum atomic E-state index is 13.2. The monoisotopic (exact) mass is 452 g/mol. The number of aromatic nitrogens is 1. The fraction of sp³-hybridized carbons (Fsp3) is 0.385. The number of benzene rings is 2. The second-order valence-corrected chi connectivity index (χ2v) is 9.21. The molecule has 1 amide bonds. The predicted molar refractivity (Wildman–Crippen MR) is 127 cm³/mol. The van der Waals surface area contributed by atoms with Crippen molar-refractivity contribution >= 4 is 34.4 Å². The summed E-state index contributed by atoms with van der Waals surface area (Å²) in [5, 5.41) is 4.92. The molecular weight excluding hydrogens is 424 g/mol. The third-order valence-electron chi connectivity index (χ3n) is 6.45. The van der Waals surface area contributed by atoms with Crippen LogP contribution in [0.2, 0.25) is 5.02 Å². The Morgan fingerprint density at radius 1 is 1.09 bits per heavy atom. The number of halogens is 1. The molecule has 1 N–H and O–H groups in total. The van der Waals surface area contributed by atoms with Crippen LogP contribution in [0.3, 0.4) is 0 Å². The van der Waals surface area contributed by atoms with E-state index in [1.165, 1.54) is 7.11 Å². The van der Waals surface area contributed by atoms with E-state index < -0.39 is 0 Å². The van der Waals surface area contributed by atoms with Gasteiger partial charge in [-0.1, -0.05) is 23.7 Å². The lowest BCUT2D eigenvalue weighted by molar-refractivity contribution is -0.146. The molecule has 1 saturated carbocycles. The Kier molecular flexibility index (Phi) is 6.85. The summed E-state index contributed by atoms with van der Waals surface area (Å²) in [6.07, 6.45) is 5.54. The molecular formula is C26H29ClN2O3. The smallest absolute Gasteiger partial charge is 0.308 e. The largest absolute Gasteiger partial charge is 0.469 e. The van der Waals surface area contributed by atoms with Gasteiger partial charge >= 0.3 is 5.97 Å². The molecule has 1 aromatic heterocycles. The zero-order chi connectivity index (χ0) is 22.7. The van der Waals surface area contributed by atoms with Gasteiger partial charge in [-0.3, -0.25) is 9.59 Å². The Hall–Kier alpha value is -2.79. The van der Waals surface area contributed by atoms with Crippen molar-refractivity contribution in [2.75, 3.05) is 13.7 Å². The number of carbonyl (C=O) groups excluding carboxylic acids is 2. The van der Waals surface area contributed by atoms with Crippen molar-refractivity contribution in [2.45, 2.75) is 39.2 Å². The van der Waals surface area contributed by atoms with E-state index in [0.29, 0.717) is 29.6 Å². The van der Waals surface area contributed by atoms with E-state index in [1.54, 1.807) is 0 Å². The van der Waals surface area contributed by atoms with E-state index in [2.05, 4.69) is 22.0 Å². The van der Waals surface area contributed by atoms with Crippen LogP contribution >= 0.6 is 11.6 Å². The maximum absolute atomic E-state index is 13.2. The first-order chi connectivity index (χ1) is 15.4. The number of hydrogen-bond acceptors (Lipinski definition) is 3. The van der Waals surface area contributed by atoms with Crippen molar-refractivity contribution in [1.82, 2.24) is 9.88 Å². The summed E-state index contributed by atoms with van der Waals surface area (Å²) in [5.41, 5.74) is 3.83. The van der Waals surface area contributed by atoms with Gasteiger partial charge in [0.05, 0.1) is 24.1 Å². The minimum absolute atomic E-state index is 0.000468. The molecule has 1 aliphatic rings. The Bertz CT molecular complexity index is 1110. The van der Waals surface area contributed by atoms with Gasteiger partial charge in [0.15, 0.2) is 0 Å². The molecule has 0 aliphatic heterocycles. The summed E-state index contributed by atoms with van der Waals surface area (Å²) in [6, 6.07) is 13.9. The Morgan fingerprint density at radius 2 is 1.81 bits per heavy atom. The summed E-state index contributed by atoms with van der Waals surface area (Å²) in [4.78, 5) is 24.9. The molecule has 32 heavy (non-hydrogen) atoms. The highest BCUT2D eigenvalue weighted by Crippen LogP contribution is 2.29. The minimum atomic E-state index is -0.115. The van der Waals surface area contributed by atoms with Crippen molar-refractivity contribution in [3.05, 3.63) is 70.4 Å². The van der Waals surface area contributed by atoms with Gasteiger partial charge in [-0.15, -0.1) is 0 Å². The Balaban J connectivity index is 1.48. The lowest BCUT2D eigenvalue weighted by Crippen LogP contribution is -2.33. The van der Waals surface area contributed by atoms with Gasteiger partial charge in [0, 0.05) is 29.7 Å². The van der Waals surface area contributed by atoms with E-state index >= 15 is 0 Å². The molecule has 1 heterocycles. The van der Waals surface area contributed by atoms with Gasteiger partial charge in [-0.05, 0) is 80.0 Å². The van der Waals surface area contributed by atoms with Crippen LogP contribution in [-0.4, -0.2) is 30.1 Å². The van der Waals surface area contributed by atoms with Crippen molar-refractivity contribution in [1.29, 1.82) is 0 Å². The predicted octanol–water partition coefficient (Wildman–Crippen LogP) is 5.36. The average molecular weight is 453 g/mol. The van der Waals surface area contributed by atoms with E-state index in [4.69, 9.17) is 16.3 Å². The van der Waals surface area contributed by atoms with Crippen LogP contribution in [0.5, 0.6) is 0 Å². The highest BCUT2D eigenvalue weighted by atomic mass is 35.5. The third-order valence-corrected chi connectivity index (χ3v) is 6.70. The topological polar surface area (TPSA) is 60.3 Å². The summed E-state index contributed by atoms with van der Waals surface area (Å²) >= 11 is 6.02. The number of fused-ring (bicyclic) bond motifs is 1. The molecule has 0 atom stereocenters. The lowest BCUT2D eigenvalue weighted by Gasteiger charge is -2.27. The van der Waals surface area contributed by atoms with E-state index in [1.807, 2.05) is 43.5 Å². The van der Waals surface area contributed by atoms with E-state index in [9.17, 15) is 9.59 Å². The molecule has 3 aromatic rings. The molecule has 1 fully saturated rings. The quantitative estimate of drug-likeness (QED) is 0.512. The maximum Gasteiger partial charge on any atom is 0.308 e. The highest BCUT2D eigenvalue weighted by Gasteiger charge is 2.27. The van der Waals surface area contributed by atoms with Gasteiger partial charge < -0.3 is 14.6 Å². The number of esters is 1. The first-order valence-electron chi connectivity index (χ1n) is 11.1. The van der Waals surface area contributed by atoms with Crippen molar-refractivity contribution in [2.24, 2.45) is 11.8 Å². The van der Waals surface area contributed by atoms with E-state index in [-0.39, 0.29) is 17.8 Å². The number of hydrogen-bond donors (Lipinski definition) is 1. The van der Waals surface area contributed by atoms with Crippen LogP contribution in [0, 0.1) is 18.8 Å². The van der Waals surface area contributed by atoms with Gasteiger partial charge in [-0.25, -0.2) is 0 Å². The average Bonchev–Trinajstić information content (AvgIpc) is 3.20. The zero-order valence-electron chi connectivity index (χ0n) is 18.6. The fourth-order valence-electron chi connectivity index (χ4n) is 4.69. The number of amides is 1. The number of ether oxygens (including phenoxy) is 1. The van der Waals surface area contributed by atoms with Gasteiger partial charge in [0.2, 0.25) is 0 Å². The molecule has 168 valence electrons. The zero-order valence-corrected chi connectivity index (χ0v) is 19.3. The second kappa shape index (κ2) is 9.78. The van der Waals surface area contributed by atoms with Crippen LogP contribution in [0.4, 0.5) is 0 Å². The van der Waals surface area contributed by atoms with Gasteiger partial charge in [-0.2, -0.15) is 0 Å². The number of nitrogens with zero attached hydrogens (tertiary/aromatic N) is 1. The molecule has 6 heteroatoms. The number of rotatable bonds is 6. The molecule has 0 radical (unpaired) electrons. The number of nitrogens with one attached hydrogen (secondary N) is 1. The van der Waals surface area contributed by atoms with Crippen molar-refractivity contribution in [3.63, 3.8) is 0 Å². The molecule has 2 aromatic carbocycles. The normalized spacial score (nSPS) is 18.5. The van der Waals surface area contributed by atoms with E-state index in [0.717, 1.165) is 47.7 Å². The fourth-order valence-corrected chi connectivity index (χ4v) is 4.82. The third kappa shape index (κ3) is 4.99. The number of aryl methyl sites for hydroxylation is 1. The lowest BCUT2D eigenvalue weighted by atomic mass is 9.82. The number of carbonyl (C=O) groups is 2. The summed E-state index contributed by atoms with van der Waals surface area (Å²) in [6.45, 7) is 3.31. The molecule has 1 aliphatic carbocycles. The molecule has 0 bridgehead atoms. The minimum Gasteiger partial charge on any atom is -0.469 e. The second-order valence-electron chi connectivity index (χ2n) is 8.77. The van der Waals surface area contributed by atoms with Crippen LogP contribution in [-0.2, 0) is 16.1 Å². The van der Waals surface area contributed by atoms with Crippen molar-refractivity contribution < 1.29 is 14.3 Å². The SMILES string of the molecule is COC(=O)[C@H]1CC[C@H](CNC(=O)c2cc(C)cc3ccn(Cc4ccc(Cl)cc4)c23)CC1. The first-order valence-corrected chi connectivity index (χ1v) is 11.5. The van der Waals surface area contributed by atoms with Crippen LogP contribution in [0.15, 0.2) is 48.7 Å². The van der Waals surface area contributed by atoms with Crippen molar-refractivity contribution in [3.8, 4) is 0 Å². The number of methoxy groups -OCH3 is 1. The van der Waals surface area contributed by atoms with Crippen LogP contribution in [0.1, 0.15) is 47.2 Å². The standard InChI is InChI=1S/C26H29ClN2O3/c1-17-13-21-11-12-29(16-19-5-9-22(27)10-6-19)24(21)23(14-17)25(30)28-15-18-3-7-20(8-4-18)26(31)32-2/h5-6,9-14,18,20H,3-4,7-8,15-16H2,1-2H3,(H,28,30)/t18-,20-. The molecule has 0 spiro atoms. The molecule has 4 rings (SSSR count). The summed E-state index contributed by atoms with van der Waals surface area (Å²) in [7, 11) is 1.44. The molecule has 5 nitrogen and oxygen atoms in total. The van der Waals surface area contributed by atoms with Crippen LogP contribution < -0.4 is 5.32 Å². The molecule has 0 saturated heterocycles.